The number of nitrogens with two attached hydrogens (primary N) is 1. The van der Waals surface area contributed by atoms with E-state index < -0.39 is 11.1 Å². The summed E-state index contributed by atoms with van der Waals surface area (Å²) in [6.45, 7) is 2.70. The molecule has 2 heterocycles. The second kappa shape index (κ2) is 4.37. The average molecular weight is 215 g/mol. The summed E-state index contributed by atoms with van der Waals surface area (Å²) in [5.41, 5.74) is 5.12. The Balaban J connectivity index is 2.10. The first-order chi connectivity index (χ1) is 7.16. The van der Waals surface area contributed by atoms with Gasteiger partial charge in [0.15, 0.2) is 0 Å². The van der Waals surface area contributed by atoms with E-state index in [9.17, 15) is 5.11 Å². The van der Waals surface area contributed by atoms with Gasteiger partial charge in [-0.15, -0.1) is 0 Å². The standard InChI is InChI=1S/C11H21NO3/c12-10(3-7-15-8-4-10)11(13)2-1-6-14-9-5-11/h13H,1-9,12H2. The maximum atomic E-state index is 10.7. The molecule has 4 nitrogen and oxygen atoms in total. The van der Waals surface area contributed by atoms with E-state index in [-0.39, 0.29) is 0 Å². The minimum absolute atomic E-state index is 0.473. The van der Waals surface area contributed by atoms with Crippen LogP contribution in [0.5, 0.6) is 0 Å². The van der Waals surface area contributed by atoms with E-state index >= 15 is 0 Å². The Bertz CT molecular complexity index is 206. The average Bonchev–Trinajstić information content (AvgIpc) is 2.45. The third kappa shape index (κ3) is 2.18. The van der Waals surface area contributed by atoms with E-state index in [1.165, 1.54) is 0 Å². The number of hydrogen-bond donors (Lipinski definition) is 2. The van der Waals surface area contributed by atoms with Crippen LogP contribution in [-0.2, 0) is 9.47 Å². The minimum atomic E-state index is -0.757. The Hall–Kier alpha value is -0.160. The highest BCUT2D eigenvalue weighted by Crippen LogP contribution is 2.37. The van der Waals surface area contributed by atoms with Gasteiger partial charge in [0, 0.05) is 38.4 Å². The first kappa shape index (κ1) is 11.3. The molecule has 0 aromatic rings. The van der Waals surface area contributed by atoms with Crippen LogP contribution in [0.1, 0.15) is 32.1 Å². The van der Waals surface area contributed by atoms with Crippen molar-refractivity contribution in [2.75, 3.05) is 26.4 Å². The highest BCUT2D eigenvalue weighted by atomic mass is 16.5. The van der Waals surface area contributed by atoms with Gasteiger partial charge >= 0.3 is 0 Å². The molecule has 4 heteroatoms. The molecule has 0 saturated carbocycles. The van der Waals surface area contributed by atoms with Crippen LogP contribution in [0.4, 0.5) is 0 Å². The van der Waals surface area contributed by atoms with Crippen molar-refractivity contribution in [3.8, 4) is 0 Å². The molecule has 1 atom stereocenters. The molecule has 2 aliphatic rings. The Kier molecular flexibility index (Phi) is 3.30. The summed E-state index contributed by atoms with van der Waals surface area (Å²) in [4.78, 5) is 0. The van der Waals surface area contributed by atoms with Crippen LogP contribution < -0.4 is 5.73 Å². The Morgan fingerprint density at radius 3 is 2.20 bits per heavy atom. The van der Waals surface area contributed by atoms with Crippen molar-refractivity contribution in [1.82, 2.24) is 0 Å². The van der Waals surface area contributed by atoms with E-state index in [0.717, 1.165) is 32.3 Å². The predicted octanol–water partition coefficient (Wildman–Crippen LogP) is 0.426. The van der Waals surface area contributed by atoms with Crippen molar-refractivity contribution in [1.29, 1.82) is 0 Å². The van der Waals surface area contributed by atoms with Gasteiger partial charge in [0.25, 0.3) is 0 Å². The van der Waals surface area contributed by atoms with Crippen LogP contribution in [0.15, 0.2) is 0 Å². The quantitative estimate of drug-likeness (QED) is 0.665. The monoisotopic (exact) mass is 215 g/mol. The van der Waals surface area contributed by atoms with Crippen molar-refractivity contribution in [3.05, 3.63) is 0 Å². The molecule has 2 rings (SSSR count). The fraction of sp³-hybridized carbons (Fsp3) is 1.00. The van der Waals surface area contributed by atoms with Crippen LogP contribution in [0.25, 0.3) is 0 Å². The summed E-state index contributed by atoms with van der Waals surface area (Å²) < 4.78 is 10.7. The largest absolute Gasteiger partial charge is 0.388 e. The van der Waals surface area contributed by atoms with Crippen LogP contribution in [0.3, 0.4) is 0 Å². The highest BCUT2D eigenvalue weighted by molar-refractivity contribution is 5.04. The van der Waals surface area contributed by atoms with Crippen LogP contribution >= 0.6 is 0 Å². The number of hydrogen-bond acceptors (Lipinski definition) is 4. The van der Waals surface area contributed by atoms with Gasteiger partial charge in [-0.25, -0.2) is 0 Å². The molecule has 3 N–H and O–H groups in total. The van der Waals surface area contributed by atoms with Gasteiger partial charge in [-0.05, 0) is 25.7 Å². The van der Waals surface area contributed by atoms with Gasteiger partial charge in [0.1, 0.15) is 0 Å². The summed E-state index contributed by atoms with van der Waals surface area (Å²) in [6, 6.07) is 0. The van der Waals surface area contributed by atoms with Gasteiger partial charge in [0.2, 0.25) is 0 Å². The number of aliphatic hydroxyl groups is 1. The molecule has 0 radical (unpaired) electrons. The van der Waals surface area contributed by atoms with Gasteiger partial charge < -0.3 is 20.3 Å². The maximum absolute atomic E-state index is 10.7. The molecule has 0 aliphatic carbocycles. The third-order valence-electron chi connectivity index (χ3n) is 3.85. The zero-order chi connectivity index (χ0) is 10.8. The zero-order valence-electron chi connectivity index (χ0n) is 9.21. The molecule has 2 fully saturated rings. The molecular formula is C11H21NO3. The van der Waals surface area contributed by atoms with Gasteiger partial charge in [-0.2, -0.15) is 0 Å². The molecule has 0 spiro atoms. The summed E-state index contributed by atoms with van der Waals surface area (Å²) in [7, 11) is 0. The summed E-state index contributed by atoms with van der Waals surface area (Å²) in [5, 5.41) is 10.7. The van der Waals surface area contributed by atoms with E-state index in [1.807, 2.05) is 0 Å². The molecule has 2 aliphatic heterocycles. The Labute approximate surface area is 90.7 Å². The smallest absolute Gasteiger partial charge is 0.0850 e. The lowest BCUT2D eigenvalue weighted by Crippen LogP contribution is -2.63. The van der Waals surface area contributed by atoms with Crippen LogP contribution in [-0.4, -0.2) is 42.7 Å². The van der Waals surface area contributed by atoms with E-state index in [2.05, 4.69) is 0 Å². The first-order valence-electron chi connectivity index (χ1n) is 5.83. The van der Waals surface area contributed by atoms with Crippen molar-refractivity contribution in [3.63, 3.8) is 0 Å². The normalized spacial score (nSPS) is 37.2. The molecule has 1 unspecified atom stereocenters. The summed E-state index contributed by atoms with van der Waals surface area (Å²) in [5.74, 6) is 0. The third-order valence-corrected chi connectivity index (χ3v) is 3.85. The molecule has 0 aromatic heterocycles. The highest BCUT2D eigenvalue weighted by Gasteiger charge is 2.47. The SMILES string of the molecule is NC1(C2(O)CCCOCC2)CCOCC1. The van der Waals surface area contributed by atoms with Crippen molar-refractivity contribution < 1.29 is 14.6 Å². The van der Waals surface area contributed by atoms with Crippen molar-refractivity contribution in [2.45, 2.75) is 43.2 Å². The van der Waals surface area contributed by atoms with Gasteiger partial charge in [0.05, 0.1) is 5.60 Å². The molecular weight excluding hydrogens is 194 g/mol. The summed E-state index contributed by atoms with van der Waals surface area (Å²) in [6.07, 6.45) is 3.82. The number of rotatable bonds is 1. The molecule has 0 aromatic carbocycles. The van der Waals surface area contributed by atoms with E-state index in [4.69, 9.17) is 15.2 Å². The summed E-state index contributed by atoms with van der Waals surface area (Å²) >= 11 is 0. The topological polar surface area (TPSA) is 64.7 Å². The fourth-order valence-electron chi connectivity index (χ4n) is 2.63. The van der Waals surface area contributed by atoms with E-state index in [0.29, 0.717) is 26.2 Å². The van der Waals surface area contributed by atoms with Crippen molar-refractivity contribution >= 4 is 0 Å². The molecule has 0 amide bonds. The molecule has 88 valence electrons. The molecule has 15 heavy (non-hydrogen) atoms. The van der Waals surface area contributed by atoms with Crippen LogP contribution in [0, 0.1) is 0 Å². The maximum Gasteiger partial charge on any atom is 0.0850 e. The lowest BCUT2D eigenvalue weighted by Gasteiger charge is -2.46. The van der Waals surface area contributed by atoms with Gasteiger partial charge in [-0.1, -0.05) is 0 Å². The van der Waals surface area contributed by atoms with E-state index in [1.54, 1.807) is 0 Å². The zero-order valence-corrected chi connectivity index (χ0v) is 9.21. The van der Waals surface area contributed by atoms with Gasteiger partial charge in [-0.3, -0.25) is 0 Å². The lowest BCUT2D eigenvalue weighted by molar-refractivity contribution is -0.0926. The second-order valence-electron chi connectivity index (χ2n) is 4.77. The predicted molar refractivity (Wildman–Crippen MR) is 56.6 cm³/mol. The van der Waals surface area contributed by atoms with Crippen LogP contribution in [0.2, 0.25) is 0 Å². The lowest BCUT2D eigenvalue weighted by atomic mass is 9.71. The fourth-order valence-corrected chi connectivity index (χ4v) is 2.63. The molecule has 2 saturated heterocycles. The Morgan fingerprint density at radius 1 is 0.867 bits per heavy atom. The minimum Gasteiger partial charge on any atom is -0.388 e. The van der Waals surface area contributed by atoms with Crippen molar-refractivity contribution in [2.24, 2.45) is 5.73 Å². The Morgan fingerprint density at radius 2 is 1.47 bits per heavy atom. The molecule has 0 bridgehead atoms. The second-order valence-corrected chi connectivity index (χ2v) is 4.77. The number of ether oxygens (including phenoxy) is 2. The first-order valence-corrected chi connectivity index (χ1v) is 5.83.